The van der Waals surface area contributed by atoms with Crippen molar-refractivity contribution in [2.24, 2.45) is 35.5 Å². The summed E-state index contributed by atoms with van der Waals surface area (Å²) in [6.45, 7) is 18.6. The van der Waals surface area contributed by atoms with E-state index in [1.807, 2.05) is 6.92 Å². The van der Waals surface area contributed by atoms with Gasteiger partial charge in [0.05, 0.1) is 60.5 Å². The first-order valence-electron chi connectivity index (χ1n) is 20.0. The number of hydrogen-bond donors (Lipinski definition) is 3. The Morgan fingerprint density at radius 1 is 0.962 bits per heavy atom. The van der Waals surface area contributed by atoms with E-state index in [1.165, 1.54) is 0 Å². The zero-order valence-electron chi connectivity index (χ0n) is 33.8. The predicted molar refractivity (Wildman–Crippen MR) is 195 cm³/mol. The lowest BCUT2D eigenvalue weighted by Gasteiger charge is -2.50. The van der Waals surface area contributed by atoms with Crippen molar-refractivity contribution in [3.05, 3.63) is 11.6 Å². The number of methoxy groups -OCH3 is 2. The third-order valence-electron chi connectivity index (χ3n) is 13.8. The molecule has 0 aromatic rings. The highest BCUT2D eigenvalue weighted by Crippen LogP contribution is 2.57. The Kier molecular flexibility index (Phi) is 13.0. The summed E-state index contributed by atoms with van der Waals surface area (Å²) < 4.78 is 46.5. The number of carbonyl (C=O) groups is 1. The van der Waals surface area contributed by atoms with Crippen molar-refractivity contribution in [3.8, 4) is 0 Å². The number of hydrogen-bond acceptors (Lipinski definition) is 10. The maximum Gasteiger partial charge on any atom is 0.330 e. The molecule has 3 N–H and O–H groups in total. The van der Waals surface area contributed by atoms with Crippen molar-refractivity contribution in [1.29, 1.82) is 0 Å². The van der Waals surface area contributed by atoms with Crippen molar-refractivity contribution in [2.45, 2.75) is 186 Å². The Morgan fingerprint density at radius 3 is 2.31 bits per heavy atom. The van der Waals surface area contributed by atoms with Gasteiger partial charge in [0, 0.05) is 44.0 Å². The van der Waals surface area contributed by atoms with Gasteiger partial charge in [-0.25, -0.2) is 4.79 Å². The first-order valence-corrected chi connectivity index (χ1v) is 20.0. The van der Waals surface area contributed by atoms with Gasteiger partial charge in [0.1, 0.15) is 0 Å². The third-order valence-corrected chi connectivity index (χ3v) is 13.8. The molecule has 1 spiro atoms. The van der Waals surface area contributed by atoms with Crippen molar-refractivity contribution in [3.63, 3.8) is 0 Å². The Bertz CT molecular complexity index is 1250. The van der Waals surface area contributed by atoms with Gasteiger partial charge in [0.2, 0.25) is 0 Å². The summed E-state index contributed by atoms with van der Waals surface area (Å²) in [6.07, 6.45) is 6.82. The highest BCUT2D eigenvalue weighted by atomic mass is 16.7. The molecule has 0 saturated carbocycles. The first kappa shape index (κ1) is 42.0. The molecule has 11 heteroatoms. The maximum atomic E-state index is 11.2. The van der Waals surface area contributed by atoms with Crippen molar-refractivity contribution < 1.29 is 53.3 Å². The summed E-state index contributed by atoms with van der Waals surface area (Å²) in [5.41, 5.74) is -0.768. The standard InChI is InChI=1S/C41H70O11/c1-23(16-26(4)37(44)45)12-13-30(43)19-31-20-32(46-10)29(7)41(49-31)28(6)21-39(9,52-41)34-14-15-38(8,50-34)36-25(3)18-33(48-36)35-24(2)17-27(5)40(22-42,47-11)51-35/h16,23-25,27-36,42-43H,12-15,17-22H2,1-11H3,(H,44,45)/b26-16+/t23-,24-,25-,27+,28+,29+,30+,31+,32+,33+,34+,35-,36+,38-,39-,40-,41+/m0/s1. The van der Waals surface area contributed by atoms with Crippen LogP contribution in [0.2, 0.25) is 0 Å². The lowest BCUT2D eigenvalue weighted by molar-refractivity contribution is -0.352. The number of carboxylic acids is 1. The molecule has 5 fully saturated rings. The van der Waals surface area contributed by atoms with E-state index in [0.29, 0.717) is 31.3 Å². The average Bonchev–Trinajstić information content (AvgIpc) is 3.76. The molecule has 0 aliphatic carbocycles. The summed E-state index contributed by atoms with van der Waals surface area (Å²) in [5.74, 6) is -2.14. The minimum absolute atomic E-state index is 0.0306. The summed E-state index contributed by atoms with van der Waals surface area (Å²) in [5, 5.41) is 30.6. The molecule has 5 aliphatic rings. The molecule has 5 heterocycles. The summed E-state index contributed by atoms with van der Waals surface area (Å²) >= 11 is 0. The fourth-order valence-electron chi connectivity index (χ4n) is 10.8. The van der Waals surface area contributed by atoms with Gasteiger partial charge in [0.25, 0.3) is 0 Å². The molecular weight excluding hydrogens is 668 g/mol. The van der Waals surface area contributed by atoms with E-state index in [9.17, 15) is 20.1 Å². The highest BCUT2D eigenvalue weighted by molar-refractivity contribution is 5.85. The van der Waals surface area contributed by atoms with E-state index in [-0.39, 0.29) is 78.7 Å². The van der Waals surface area contributed by atoms with Crippen LogP contribution in [-0.2, 0) is 38.0 Å². The number of ether oxygens (including phenoxy) is 7. The number of rotatable bonds is 13. The van der Waals surface area contributed by atoms with E-state index in [2.05, 4.69) is 48.5 Å². The molecule has 0 aromatic carbocycles. The van der Waals surface area contributed by atoms with Crippen LogP contribution >= 0.6 is 0 Å². The van der Waals surface area contributed by atoms with Gasteiger partial charge in [0.15, 0.2) is 11.6 Å². The molecule has 5 aliphatic heterocycles. The first-order chi connectivity index (χ1) is 24.4. The zero-order chi connectivity index (χ0) is 38.4. The molecule has 17 atom stereocenters. The summed E-state index contributed by atoms with van der Waals surface area (Å²) in [4.78, 5) is 11.2. The molecule has 0 amide bonds. The van der Waals surface area contributed by atoms with Crippen LogP contribution in [0.3, 0.4) is 0 Å². The summed E-state index contributed by atoms with van der Waals surface area (Å²) in [6, 6.07) is 0. The molecule has 300 valence electrons. The molecular formula is C41H70O11. The van der Waals surface area contributed by atoms with Crippen molar-refractivity contribution >= 4 is 5.97 Å². The monoisotopic (exact) mass is 738 g/mol. The number of aliphatic hydroxyl groups is 2. The Labute approximate surface area is 312 Å². The number of aliphatic carboxylic acids is 1. The van der Waals surface area contributed by atoms with Crippen LogP contribution in [0, 0.1) is 35.5 Å². The highest BCUT2D eigenvalue weighted by Gasteiger charge is 2.65. The van der Waals surface area contributed by atoms with E-state index in [0.717, 1.165) is 32.1 Å². The fraction of sp³-hybridized carbons (Fsp3) is 0.927. The van der Waals surface area contributed by atoms with Gasteiger partial charge >= 0.3 is 5.97 Å². The smallest absolute Gasteiger partial charge is 0.330 e. The largest absolute Gasteiger partial charge is 0.478 e. The van der Waals surface area contributed by atoms with Crippen molar-refractivity contribution in [2.75, 3.05) is 20.8 Å². The van der Waals surface area contributed by atoms with Crippen LogP contribution in [0.4, 0.5) is 0 Å². The van der Waals surface area contributed by atoms with E-state index >= 15 is 0 Å². The second-order valence-electron chi connectivity index (χ2n) is 18.0. The van der Waals surface area contributed by atoms with Gasteiger partial charge in [-0.15, -0.1) is 0 Å². The van der Waals surface area contributed by atoms with Gasteiger partial charge in [-0.05, 0) is 89.9 Å². The lowest BCUT2D eigenvalue weighted by atomic mass is 9.78. The Morgan fingerprint density at radius 2 is 1.67 bits per heavy atom. The van der Waals surface area contributed by atoms with Crippen LogP contribution in [0.5, 0.6) is 0 Å². The van der Waals surface area contributed by atoms with Gasteiger partial charge < -0.3 is 48.5 Å². The quantitative estimate of drug-likeness (QED) is 0.184. The lowest BCUT2D eigenvalue weighted by Crippen LogP contribution is -2.58. The predicted octanol–water partition coefficient (Wildman–Crippen LogP) is 6.26. The molecule has 11 nitrogen and oxygen atoms in total. The number of allylic oxidation sites excluding steroid dienone is 1. The minimum atomic E-state index is -1.02. The fourth-order valence-corrected chi connectivity index (χ4v) is 10.8. The second kappa shape index (κ2) is 16.1. The molecule has 0 bridgehead atoms. The summed E-state index contributed by atoms with van der Waals surface area (Å²) in [7, 11) is 3.35. The maximum absolute atomic E-state index is 11.2. The van der Waals surface area contributed by atoms with Crippen LogP contribution in [0.25, 0.3) is 0 Å². The number of carboxylic acid groups (broad SMARTS) is 1. The van der Waals surface area contributed by atoms with E-state index < -0.39 is 34.8 Å². The topological polar surface area (TPSA) is 142 Å². The normalized spacial score (nSPS) is 48.3. The van der Waals surface area contributed by atoms with E-state index in [1.54, 1.807) is 27.2 Å². The Balaban J connectivity index is 1.24. The zero-order valence-corrected chi connectivity index (χ0v) is 33.8. The molecule has 5 saturated heterocycles. The molecule has 0 unspecified atom stereocenters. The van der Waals surface area contributed by atoms with Gasteiger partial charge in [-0.1, -0.05) is 47.6 Å². The molecule has 0 aromatic heterocycles. The molecule has 52 heavy (non-hydrogen) atoms. The van der Waals surface area contributed by atoms with Crippen LogP contribution in [0.1, 0.15) is 120 Å². The van der Waals surface area contributed by atoms with Crippen molar-refractivity contribution in [1.82, 2.24) is 0 Å². The number of aliphatic hydroxyl groups excluding tert-OH is 2. The van der Waals surface area contributed by atoms with Gasteiger partial charge in [-0.3, -0.25) is 0 Å². The van der Waals surface area contributed by atoms with Crippen LogP contribution in [0.15, 0.2) is 11.6 Å². The molecule has 0 radical (unpaired) electrons. The minimum Gasteiger partial charge on any atom is -0.478 e. The molecule has 5 rings (SSSR count). The van der Waals surface area contributed by atoms with Crippen LogP contribution < -0.4 is 0 Å². The second-order valence-corrected chi connectivity index (χ2v) is 18.0. The van der Waals surface area contributed by atoms with Crippen LogP contribution in [-0.4, -0.2) is 108 Å². The SMILES string of the molecule is CO[C@@H]1C[C@@H](C[C@H](O)CC[C@H](C)/C=C(\C)C(=O)O)O[C@]2(O[C@](C)([C@H]3CC[C@@](C)([C@@H]4O[C@@H]([C@H]5O[C@](CO)(OC)[C@H](C)C[C@@H]5C)C[C@@H]4C)O3)C[C@H]2C)[C@@H]1C. The Hall–Kier alpha value is -1.15. The average molecular weight is 739 g/mol. The van der Waals surface area contributed by atoms with Gasteiger partial charge in [-0.2, -0.15) is 0 Å². The van der Waals surface area contributed by atoms with E-state index in [4.69, 9.17) is 33.2 Å². The third kappa shape index (κ3) is 8.05.